The third kappa shape index (κ3) is 0.244. The summed E-state index contributed by atoms with van der Waals surface area (Å²) >= 11 is 0. The first kappa shape index (κ1) is 3.67. The van der Waals surface area contributed by atoms with Gasteiger partial charge in [0.05, 0.1) is 0 Å². The van der Waals surface area contributed by atoms with Crippen LogP contribution < -0.4 is 5.32 Å². The SMILES string of the molecule is [C]1=CC2CC1C1NC21. The Labute approximate surface area is 48.8 Å². The van der Waals surface area contributed by atoms with Gasteiger partial charge in [-0.25, -0.2) is 0 Å². The lowest BCUT2D eigenvalue weighted by Gasteiger charge is -1.97. The third-order valence-electron chi connectivity index (χ3n) is 2.61. The van der Waals surface area contributed by atoms with Crippen LogP contribution in [0.5, 0.6) is 0 Å². The largest absolute Gasteiger partial charge is 0.307 e. The summed E-state index contributed by atoms with van der Waals surface area (Å²) in [5.41, 5.74) is 0. The molecule has 1 nitrogen and oxygen atoms in total. The second-order valence-corrected chi connectivity index (χ2v) is 3.06. The topological polar surface area (TPSA) is 21.9 Å². The Morgan fingerprint density at radius 2 is 2.50 bits per heavy atom. The average Bonchev–Trinajstić information content (AvgIpc) is 2.39. The van der Waals surface area contributed by atoms with E-state index in [2.05, 4.69) is 17.5 Å². The minimum atomic E-state index is 0.796. The van der Waals surface area contributed by atoms with Crippen molar-refractivity contribution in [3.05, 3.63) is 12.2 Å². The lowest BCUT2D eigenvalue weighted by Crippen LogP contribution is -2.03. The van der Waals surface area contributed by atoms with Gasteiger partial charge in [0.15, 0.2) is 0 Å². The normalized spacial score (nSPS) is 64.0. The summed E-state index contributed by atoms with van der Waals surface area (Å²) in [6.07, 6.45) is 7.01. The van der Waals surface area contributed by atoms with Crippen molar-refractivity contribution < 1.29 is 0 Å². The van der Waals surface area contributed by atoms with Gasteiger partial charge in [-0.1, -0.05) is 6.08 Å². The van der Waals surface area contributed by atoms with Gasteiger partial charge in [0.25, 0.3) is 0 Å². The van der Waals surface area contributed by atoms with Crippen LogP contribution in [-0.2, 0) is 0 Å². The maximum absolute atomic E-state index is 3.44. The van der Waals surface area contributed by atoms with E-state index in [1.54, 1.807) is 0 Å². The van der Waals surface area contributed by atoms with Gasteiger partial charge >= 0.3 is 0 Å². The molecule has 0 aromatic rings. The van der Waals surface area contributed by atoms with Crippen LogP contribution in [0.15, 0.2) is 6.08 Å². The number of hydrogen-bond acceptors (Lipinski definition) is 1. The van der Waals surface area contributed by atoms with E-state index < -0.39 is 0 Å². The van der Waals surface area contributed by atoms with E-state index in [-0.39, 0.29) is 0 Å². The smallest absolute Gasteiger partial charge is 0.0299 e. The molecule has 1 radical (unpaired) electrons. The Hall–Kier alpha value is -0.300. The van der Waals surface area contributed by atoms with Crippen molar-refractivity contribution in [1.29, 1.82) is 0 Å². The van der Waals surface area contributed by atoms with Gasteiger partial charge in [0, 0.05) is 18.0 Å². The Bertz CT molecular complexity index is 146. The number of rotatable bonds is 0. The molecule has 2 bridgehead atoms. The Morgan fingerprint density at radius 1 is 1.50 bits per heavy atom. The zero-order valence-electron chi connectivity index (χ0n) is 4.59. The van der Waals surface area contributed by atoms with E-state index in [9.17, 15) is 0 Å². The Morgan fingerprint density at radius 3 is 3.00 bits per heavy atom. The molecular formula is C7H8N. The first-order chi connectivity index (χ1) is 3.95. The molecule has 2 aliphatic carbocycles. The van der Waals surface area contributed by atoms with Crippen LogP contribution in [0.1, 0.15) is 6.42 Å². The zero-order valence-corrected chi connectivity index (χ0v) is 4.59. The lowest BCUT2D eigenvalue weighted by atomic mass is 10.1. The Balaban J connectivity index is 2.12. The molecule has 1 heteroatoms. The molecule has 3 rings (SSSR count). The minimum Gasteiger partial charge on any atom is -0.307 e. The molecule has 8 heavy (non-hydrogen) atoms. The van der Waals surface area contributed by atoms with E-state index in [1.807, 2.05) is 0 Å². The van der Waals surface area contributed by atoms with Crippen molar-refractivity contribution >= 4 is 0 Å². The molecule has 0 amide bonds. The lowest BCUT2D eigenvalue weighted by molar-refractivity contribution is 0.580. The highest BCUT2D eigenvalue weighted by molar-refractivity contribution is 5.23. The van der Waals surface area contributed by atoms with Crippen molar-refractivity contribution in [2.24, 2.45) is 11.8 Å². The highest BCUT2D eigenvalue weighted by Gasteiger charge is 2.54. The molecule has 0 spiro atoms. The van der Waals surface area contributed by atoms with Crippen molar-refractivity contribution in [2.45, 2.75) is 18.5 Å². The number of piperidine rings is 1. The van der Waals surface area contributed by atoms with Gasteiger partial charge in [0.2, 0.25) is 0 Å². The number of fused-ring (bicyclic) bond motifs is 5. The summed E-state index contributed by atoms with van der Waals surface area (Å²) in [6.45, 7) is 0. The molecule has 41 valence electrons. The van der Waals surface area contributed by atoms with E-state index in [0.29, 0.717) is 0 Å². The second kappa shape index (κ2) is 0.883. The predicted molar refractivity (Wildman–Crippen MR) is 30.1 cm³/mol. The van der Waals surface area contributed by atoms with Gasteiger partial charge < -0.3 is 5.32 Å². The number of hydrogen-bond donors (Lipinski definition) is 1. The molecule has 4 unspecified atom stereocenters. The number of nitrogens with one attached hydrogen (secondary N) is 1. The van der Waals surface area contributed by atoms with Crippen LogP contribution in [0.4, 0.5) is 0 Å². The highest BCUT2D eigenvalue weighted by atomic mass is 15.2. The third-order valence-corrected chi connectivity index (χ3v) is 2.61. The minimum absolute atomic E-state index is 0.796. The van der Waals surface area contributed by atoms with Crippen molar-refractivity contribution in [1.82, 2.24) is 5.32 Å². The molecule has 1 saturated heterocycles. The molecule has 3 aliphatic rings. The first-order valence-electron chi connectivity index (χ1n) is 3.30. The van der Waals surface area contributed by atoms with Gasteiger partial charge in [-0.2, -0.15) is 0 Å². The molecule has 1 aliphatic heterocycles. The van der Waals surface area contributed by atoms with Gasteiger partial charge in [0.1, 0.15) is 0 Å². The summed E-state index contributed by atoms with van der Waals surface area (Å²) in [4.78, 5) is 0. The maximum atomic E-state index is 3.44. The fraction of sp³-hybridized carbons (Fsp3) is 0.714. The molecule has 1 saturated carbocycles. The van der Waals surface area contributed by atoms with E-state index in [0.717, 1.165) is 23.9 Å². The molecule has 0 aromatic carbocycles. The van der Waals surface area contributed by atoms with Crippen LogP contribution in [0.25, 0.3) is 0 Å². The molecule has 2 fully saturated rings. The average molecular weight is 106 g/mol. The standard InChI is InChI=1S/C7H8N/c1-2-5-3-4(1)6-7(5)8-6/h1,4-8H,3H2. The van der Waals surface area contributed by atoms with Crippen molar-refractivity contribution in [3.63, 3.8) is 0 Å². The highest BCUT2D eigenvalue weighted by Crippen LogP contribution is 2.46. The molecule has 1 N–H and O–H groups in total. The molecule has 4 atom stereocenters. The fourth-order valence-corrected chi connectivity index (χ4v) is 2.10. The maximum Gasteiger partial charge on any atom is 0.0299 e. The van der Waals surface area contributed by atoms with Gasteiger partial charge in [-0.15, -0.1) is 0 Å². The summed E-state index contributed by atoms with van der Waals surface area (Å²) < 4.78 is 0. The van der Waals surface area contributed by atoms with E-state index in [1.165, 1.54) is 6.42 Å². The van der Waals surface area contributed by atoms with E-state index in [4.69, 9.17) is 0 Å². The summed E-state index contributed by atoms with van der Waals surface area (Å²) in [7, 11) is 0. The molecular weight excluding hydrogens is 98.1 g/mol. The van der Waals surface area contributed by atoms with Crippen LogP contribution >= 0.6 is 0 Å². The van der Waals surface area contributed by atoms with Crippen LogP contribution in [-0.4, -0.2) is 12.1 Å². The van der Waals surface area contributed by atoms with E-state index >= 15 is 0 Å². The van der Waals surface area contributed by atoms with Crippen molar-refractivity contribution in [3.8, 4) is 0 Å². The monoisotopic (exact) mass is 106 g/mol. The quantitative estimate of drug-likeness (QED) is 0.442. The second-order valence-electron chi connectivity index (χ2n) is 3.06. The van der Waals surface area contributed by atoms with Crippen LogP contribution in [0.3, 0.4) is 0 Å². The predicted octanol–water partition coefficient (Wildman–Crippen LogP) is 0.336. The zero-order chi connectivity index (χ0) is 5.14. The molecule has 1 heterocycles. The summed E-state index contributed by atoms with van der Waals surface area (Å²) in [5.74, 6) is 1.66. The van der Waals surface area contributed by atoms with Gasteiger partial charge in [-0.3, -0.25) is 0 Å². The first-order valence-corrected chi connectivity index (χ1v) is 3.30. The summed E-state index contributed by atoms with van der Waals surface area (Å²) in [6, 6.07) is 1.73. The van der Waals surface area contributed by atoms with Crippen LogP contribution in [0, 0.1) is 17.9 Å². The van der Waals surface area contributed by atoms with Crippen molar-refractivity contribution in [2.75, 3.05) is 0 Å². The Kier molecular flexibility index (Phi) is 0.406. The van der Waals surface area contributed by atoms with Gasteiger partial charge in [-0.05, 0) is 18.4 Å². The molecule has 0 aromatic heterocycles. The fourth-order valence-electron chi connectivity index (χ4n) is 2.10. The van der Waals surface area contributed by atoms with Crippen LogP contribution in [0.2, 0.25) is 0 Å². The summed E-state index contributed by atoms with van der Waals surface area (Å²) in [5, 5.41) is 3.44.